The van der Waals surface area contributed by atoms with E-state index in [1.54, 1.807) is 4.28 Å². The molecule has 0 nitrogen and oxygen atoms in total. The fraction of sp³-hybridized carbons (Fsp3) is 0.500. The zero-order valence-corrected chi connectivity index (χ0v) is 7.41. The molecule has 0 heterocycles. The maximum atomic E-state index is 2.28. The fourth-order valence-electron chi connectivity index (χ4n) is 0.985. The summed E-state index contributed by atoms with van der Waals surface area (Å²) in [6, 6.07) is 0. The van der Waals surface area contributed by atoms with Gasteiger partial charge in [0.25, 0.3) is 0 Å². The van der Waals surface area contributed by atoms with Crippen LogP contribution in [0, 0.1) is 0 Å². The molecule has 0 radical (unpaired) electrons. The van der Waals surface area contributed by atoms with Crippen molar-refractivity contribution in [1.82, 2.24) is 0 Å². The molecule has 0 saturated heterocycles. The van der Waals surface area contributed by atoms with Crippen LogP contribution in [0.15, 0.2) is 22.0 Å². The van der Waals surface area contributed by atoms with Gasteiger partial charge in [-0.25, -0.2) is 0 Å². The van der Waals surface area contributed by atoms with Crippen LogP contribution >= 0.6 is 0 Å². The second-order valence-corrected chi connectivity index (χ2v) is 4.53. The molecular weight excluding hydrogens is 147 g/mol. The van der Waals surface area contributed by atoms with Crippen molar-refractivity contribution < 1.29 is 16.3 Å². The maximum absolute atomic E-state index is 2.28. The summed E-state index contributed by atoms with van der Waals surface area (Å²) in [6.45, 7) is 4.50. The Labute approximate surface area is 64.1 Å². The van der Waals surface area contributed by atoms with E-state index < -0.39 is 0 Å². The van der Waals surface area contributed by atoms with Gasteiger partial charge >= 0.3 is 63.7 Å². The average molecular weight is 159 g/mol. The zero-order chi connectivity index (χ0) is 6.69. The molecule has 0 aromatic heterocycles. The fourth-order valence-corrected chi connectivity index (χ4v) is 2.45. The molecule has 0 unspecified atom stereocenters. The molecule has 0 aliphatic heterocycles. The van der Waals surface area contributed by atoms with E-state index in [9.17, 15) is 0 Å². The molecule has 0 amide bonds. The second kappa shape index (κ2) is 3.29. The molecule has 9 heavy (non-hydrogen) atoms. The molecule has 0 atom stereocenters. The SMILES string of the molecule is C[CH2][V][C]1=C(C)C=CC1. The predicted octanol–water partition coefficient (Wildman–Crippen LogP) is 2.74. The summed E-state index contributed by atoms with van der Waals surface area (Å²) in [5.74, 6) is 0. The number of rotatable bonds is 2. The van der Waals surface area contributed by atoms with Crippen molar-refractivity contribution in [3.05, 3.63) is 22.0 Å². The molecule has 0 fully saturated rings. The number of hydrogen-bond acceptors (Lipinski definition) is 0. The molecule has 0 spiro atoms. The predicted molar refractivity (Wildman–Crippen MR) is 36.9 cm³/mol. The van der Waals surface area contributed by atoms with E-state index in [2.05, 4.69) is 26.0 Å². The third kappa shape index (κ3) is 1.74. The molecular formula is C8H12V. The molecule has 0 N–H and O–H groups in total. The molecule has 0 aromatic carbocycles. The van der Waals surface area contributed by atoms with Gasteiger partial charge in [-0.1, -0.05) is 0 Å². The normalized spacial score (nSPS) is 17.1. The van der Waals surface area contributed by atoms with E-state index >= 15 is 0 Å². The van der Waals surface area contributed by atoms with Gasteiger partial charge in [0, 0.05) is 0 Å². The Balaban J connectivity index is 2.51. The summed E-state index contributed by atoms with van der Waals surface area (Å²) in [4.78, 5) is 0. The van der Waals surface area contributed by atoms with Crippen LogP contribution in [-0.2, 0) is 16.3 Å². The topological polar surface area (TPSA) is 0 Å². The summed E-state index contributed by atoms with van der Waals surface area (Å²) in [6.07, 6.45) is 5.77. The van der Waals surface area contributed by atoms with Crippen LogP contribution < -0.4 is 0 Å². The molecule has 49 valence electrons. The van der Waals surface area contributed by atoms with Gasteiger partial charge in [-0.2, -0.15) is 0 Å². The van der Waals surface area contributed by atoms with Crippen LogP contribution in [-0.4, -0.2) is 0 Å². The van der Waals surface area contributed by atoms with Gasteiger partial charge in [0.05, 0.1) is 0 Å². The Hall–Kier alpha value is 0.0644. The summed E-state index contributed by atoms with van der Waals surface area (Å²) in [5, 5.41) is 1.38. The standard InChI is InChI=1S/C6H7.C2H5.V/c1-6-4-2-3-5-6;1-2;/h2,4H,3H2,1H3;1H2,2H3;. The molecule has 0 saturated carbocycles. The van der Waals surface area contributed by atoms with Crippen LogP contribution in [0.5, 0.6) is 0 Å². The van der Waals surface area contributed by atoms with Gasteiger partial charge in [-0.15, -0.1) is 0 Å². The van der Waals surface area contributed by atoms with Gasteiger partial charge in [0.15, 0.2) is 0 Å². The van der Waals surface area contributed by atoms with E-state index in [4.69, 9.17) is 0 Å². The summed E-state index contributed by atoms with van der Waals surface area (Å²) in [5.41, 5.74) is 1.54. The molecule has 0 aromatic rings. The van der Waals surface area contributed by atoms with Crippen molar-refractivity contribution in [1.29, 1.82) is 0 Å². The van der Waals surface area contributed by atoms with Crippen LogP contribution in [0.3, 0.4) is 0 Å². The Morgan fingerprint density at radius 3 is 2.89 bits per heavy atom. The number of hydrogen-bond donors (Lipinski definition) is 0. The Morgan fingerprint density at radius 1 is 1.67 bits per heavy atom. The minimum absolute atomic E-state index is 0.533. The Morgan fingerprint density at radius 2 is 2.44 bits per heavy atom. The van der Waals surface area contributed by atoms with E-state index in [0.29, 0.717) is 16.3 Å². The third-order valence-electron chi connectivity index (χ3n) is 1.48. The molecule has 0 bridgehead atoms. The van der Waals surface area contributed by atoms with Gasteiger partial charge in [-0.05, 0) is 0 Å². The first-order valence-electron chi connectivity index (χ1n) is 3.38. The first-order valence-corrected chi connectivity index (χ1v) is 5.07. The van der Waals surface area contributed by atoms with Crippen molar-refractivity contribution in [2.24, 2.45) is 0 Å². The van der Waals surface area contributed by atoms with Crippen molar-refractivity contribution in [2.75, 3.05) is 0 Å². The molecule has 1 rings (SSSR count). The van der Waals surface area contributed by atoms with Crippen molar-refractivity contribution in [3.63, 3.8) is 0 Å². The van der Waals surface area contributed by atoms with E-state index in [1.807, 2.05) is 0 Å². The quantitative estimate of drug-likeness (QED) is 0.581. The van der Waals surface area contributed by atoms with Crippen LogP contribution in [0.2, 0.25) is 5.13 Å². The first-order chi connectivity index (χ1) is 4.34. The van der Waals surface area contributed by atoms with Crippen LogP contribution in [0.4, 0.5) is 0 Å². The van der Waals surface area contributed by atoms with Crippen molar-refractivity contribution in [2.45, 2.75) is 25.4 Å². The second-order valence-electron chi connectivity index (χ2n) is 2.21. The molecule has 1 aliphatic rings. The summed E-state index contributed by atoms with van der Waals surface area (Å²) in [7, 11) is 0. The average Bonchev–Trinajstić information content (AvgIpc) is 2.18. The van der Waals surface area contributed by atoms with Crippen LogP contribution in [0.1, 0.15) is 20.3 Å². The van der Waals surface area contributed by atoms with E-state index in [0.717, 1.165) is 0 Å². The molecule has 1 heteroatoms. The van der Waals surface area contributed by atoms with Crippen molar-refractivity contribution >= 4 is 0 Å². The summed E-state index contributed by atoms with van der Waals surface area (Å²) >= 11 is 0.533. The molecule has 1 aliphatic carbocycles. The van der Waals surface area contributed by atoms with Gasteiger partial charge in [0.2, 0.25) is 0 Å². The van der Waals surface area contributed by atoms with Gasteiger partial charge in [0.1, 0.15) is 0 Å². The van der Waals surface area contributed by atoms with Gasteiger partial charge < -0.3 is 0 Å². The monoisotopic (exact) mass is 159 g/mol. The minimum atomic E-state index is 0.533. The Kier molecular flexibility index (Phi) is 2.62. The van der Waals surface area contributed by atoms with E-state index in [1.165, 1.54) is 17.1 Å². The number of allylic oxidation sites excluding steroid dienone is 4. The van der Waals surface area contributed by atoms with Crippen LogP contribution in [0.25, 0.3) is 0 Å². The third-order valence-corrected chi connectivity index (χ3v) is 3.41. The van der Waals surface area contributed by atoms with E-state index in [-0.39, 0.29) is 0 Å². The first kappa shape index (κ1) is 7.17. The van der Waals surface area contributed by atoms with Crippen molar-refractivity contribution in [3.8, 4) is 0 Å². The van der Waals surface area contributed by atoms with Gasteiger partial charge in [-0.3, -0.25) is 0 Å². The summed E-state index contributed by atoms with van der Waals surface area (Å²) < 4.78 is 1.73. The zero-order valence-electron chi connectivity index (χ0n) is 6.02. The Bertz CT molecular complexity index is 154.